The molecule has 0 saturated carbocycles. The van der Waals surface area contributed by atoms with Gasteiger partial charge in [-0.25, -0.2) is 0 Å². The first-order valence-corrected chi connectivity index (χ1v) is 8.60. The average Bonchev–Trinajstić information content (AvgIpc) is 2.56. The fourth-order valence-corrected chi connectivity index (χ4v) is 3.63. The van der Waals surface area contributed by atoms with Crippen LogP contribution in [-0.4, -0.2) is 18.3 Å². The summed E-state index contributed by atoms with van der Waals surface area (Å²) in [6.07, 6.45) is 5.13. The molecule has 1 aliphatic carbocycles. The fourth-order valence-electron chi connectivity index (χ4n) is 3.16. The van der Waals surface area contributed by atoms with E-state index in [0.717, 1.165) is 32.1 Å². The van der Waals surface area contributed by atoms with E-state index in [1.54, 1.807) is 0 Å². The summed E-state index contributed by atoms with van der Waals surface area (Å²) in [5.74, 6) is 0.775. The molecule has 116 valence electrons. The minimum Gasteiger partial charge on any atom is -0.355 e. The van der Waals surface area contributed by atoms with Gasteiger partial charge in [-0.2, -0.15) is 0 Å². The van der Waals surface area contributed by atoms with E-state index >= 15 is 0 Å². The monoisotopic (exact) mass is 307 g/mol. The molecule has 2 rings (SSSR count). The van der Waals surface area contributed by atoms with Gasteiger partial charge in [-0.05, 0) is 43.2 Å². The lowest BCUT2D eigenvalue weighted by atomic mass is 9.81. The van der Waals surface area contributed by atoms with Gasteiger partial charge in [0.2, 0.25) is 5.91 Å². The van der Waals surface area contributed by atoms with Gasteiger partial charge in [0.25, 0.3) is 0 Å². The summed E-state index contributed by atoms with van der Waals surface area (Å²) in [6, 6.07) is 8.35. The summed E-state index contributed by atoms with van der Waals surface area (Å²) in [5.41, 5.74) is 2.58. The molecule has 0 saturated heterocycles. The minimum atomic E-state index is 0.0108. The maximum atomic E-state index is 12.6. The molecule has 0 aromatic heterocycles. The number of nitrogens with one attached hydrogen (secondary N) is 1. The molecule has 0 radical (unpaired) electrons. The summed E-state index contributed by atoms with van der Waals surface area (Å²) in [6.45, 7) is 4.98. The van der Waals surface area contributed by atoms with E-state index in [-0.39, 0.29) is 17.2 Å². The molecule has 0 fully saturated rings. The molecular formula is C18H26ClNO. The number of fused-ring (bicyclic) bond motifs is 1. The van der Waals surface area contributed by atoms with Crippen LogP contribution in [-0.2, 0) is 11.2 Å². The molecule has 3 heteroatoms. The topological polar surface area (TPSA) is 29.1 Å². The van der Waals surface area contributed by atoms with E-state index in [4.69, 9.17) is 11.6 Å². The normalized spacial score (nSPS) is 18.1. The molecule has 21 heavy (non-hydrogen) atoms. The van der Waals surface area contributed by atoms with Crippen molar-refractivity contribution in [1.82, 2.24) is 5.32 Å². The third kappa shape index (κ3) is 3.60. The Labute approximate surface area is 133 Å². The number of benzene rings is 1. The summed E-state index contributed by atoms with van der Waals surface area (Å²) in [5, 5.41) is 3.16. The van der Waals surface area contributed by atoms with Crippen molar-refractivity contribution in [3.8, 4) is 0 Å². The van der Waals surface area contributed by atoms with Crippen molar-refractivity contribution in [1.29, 1.82) is 0 Å². The lowest BCUT2D eigenvalue weighted by Gasteiger charge is -2.31. The second-order valence-corrected chi connectivity index (χ2v) is 6.47. The van der Waals surface area contributed by atoms with Crippen LogP contribution >= 0.6 is 11.6 Å². The van der Waals surface area contributed by atoms with Crippen molar-refractivity contribution in [2.45, 2.75) is 51.9 Å². The first kappa shape index (κ1) is 16.4. The number of rotatable bonds is 6. The number of carbonyl (C=O) groups is 1. The van der Waals surface area contributed by atoms with E-state index in [2.05, 4.69) is 37.4 Å². The highest BCUT2D eigenvalue weighted by Crippen LogP contribution is 2.32. The van der Waals surface area contributed by atoms with Crippen LogP contribution in [0.1, 0.15) is 56.6 Å². The number of halogens is 1. The Hall–Kier alpha value is -1.02. The van der Waals surface area contributed by atoms with Crippen LogP contribution in [0.25, 0.3) is 0 Å². The first-order valence-electron chi connectivity index (χ1n) is 8.07. The molecule has 1 unspecified atom stereocenters. The van der Waals surface area contributed by atoms with Crippen molar-refractivity contribution in [3.05, 3.63) is 35.4 Å². The Morgan fingerprint density at radius 2 is 2.05 bits per heavy atom. The van der Waals surface area contributed by atoms with Crippen LogP contribution in [0.4, 0.5) is 0 Å². The first-order chi connectivity index (χ1) is 10.2. The Kier molecular flexibility index (Phi) is 5.69. The van der Waals surface area contributed by atoms with Crippen LogP contribution in [0.3, 0.4) is 0 Å². The molecule has 1 aliphatic rings. The molecule has 1 atom stereocenters. The van der Waals surface area contributed by atoms with Gasteiger partial charge in [-0.1, -0.05) is 38.1 Å². The lowest BCUT2D eigenvalue weighted by molar-refractivity contribution is -0.123. The van der Waals surface area contributed by atoms with Gasteiger partial charge < -0.3 is 5.32 Å². The molecular weight excluding hydrogens is 282 g/mol. The van der Waals surface area contributed by atoms with Crippen molar-refractivity contribution in [2.24, 2.45) is 5.41 Å². The van der Waals surface area contributed by atoms with Gasteiger partial charge in [0.1, 0.15) is 0 Å². The number of aryl methyl sites for hydroxylation is 1. The zero-order valence-corrected chi connectivity index (χ0v) is 13.9. The fraction of sp³-hybridized carbons (Fsp3) is 0.611. The highest BCUT2D eigenvalue weighted by molar-refractivity contribution is 6.18. The lowest BCUT2D eigenvalue weighted by Crippen LogP contribution is -2.40. The maximum absolute atomic E-state index is 12.6. The molecule has 0 bridgehead atoms. The number of carbonyl (C=O) groups excluding carboxylic acids is 1. The van der Waals surface area contributed by atoms with E-state index in [1.807, 2.05) is 6.07 Å². The highest BCUT2D eigenvalue weighted by atomic mass is 35.5. The summed E-state index contributed by atoms with van der Waals surface area (Å²) in [7, 11) is 0. The molecule has 0 aliphatic heterocycles. The van der Waals surface area contributed by atoms with Crippen molar-refractivity contribution >= 4 is 17.5 Å². The predicted octanol–water partition coefficient (Wildman–Crippen LogP) is 4.27. The molecule has 1 amide bonds. The van der Waals surface area contributed by atoms with Gasteiger partial charge in [0.15, 0.2) is 0 Å². The van der Waals surface area contributed by atoms with Gasteiger partial charge in [-0.3, -0.25) is 4.79 Å². The van der Waals surface area contributed by atoms with Gasteiger partial charge in [0.05, 0.1) is 5.92 Å². The molecule has 0 heterocycles. The number of alkyl halides is 1. The van der Waals surface area contributed by atoms with Gasteiger partial charge in [-0.15, -0.1) is 11.6 Å². The van der Waals surface area contributed by atoms with E-state index in [0.29, 0.717) is 12.4 Å². The van der Waals surface area contributed by atoms with E-state index < -0.39 is 0 Å². The van der Waals surface area contributed by atoms with Crippen LogP contribution in [0, 0.1) is 5.41 Å². The van der Waals surface area contributed by atoms with Crippen LogP contribution in [0.15, 0.2) is 24.3 Å². The number of hydrogen-bond donors (Lipinski definition) is 1. The van der Waals surface area contributed by atoms with Crippen molar-refractivity contribution in [3.63, 3.8) is 0 Å². The standard InChI is InChI=1S/C18H26ClNO/c1-3-18(4-2,12-19)13-20-17(21)16-11-7-9-14-8-5-6-10-15(14)16/h5-6,8,10,16H,3-4,7,9,11-13H2,1-2H3,(H,20,21). The van der Waals surface area contributed by atoms with Crippen LogP contribution in [0.5, 0.6) is 0 Å². The quantitative estimate of drug-likeness (QED) is 0.781. The highest BCUT2D eigenvalue weighted by Gasteiger charge is 2.29. The van der Waals surface area contributed by atoms with Crippen molar-refractivity contribution < 1.29 is 4.79 Å². The van der Waals surface area contributed by atoms with Crippen LogP contribution in [0.2, 0.25) is 0 Å². The molecule has 1 aromatic carbocycles. The molecule has 0 spiro atoms. The zero-order chi connectivity index (χ0) is 15.3. The maximum Gasteiger partial charge on any atom is 0.227 e. The second kappa shape index (κ2) is 7.31. The largest absolute Gasteiger partial charge is 0.355 e. The SMILES string of the molecule is CCC(CC)(CCl)CNC(=O)C1CCCc2ccccc21. The predicted molar refractivity (Wildman–Crippen MR) is 88.9 cm³/mol. The van der Waals surface area contributed by atoms with E-state index in [9.17, 15) is 4.79 Å². The van der Waals surface area contributed by atoms with E-state index in [1.165, 1.54) is 11.1 Å². The van der Waals surface area contributed by atoms with Gasteiger partial charge >= 0.3 is 0 Å². The summed E-state index contributed by atoms with van der Waals surface area (Å²) < 4.78 is 0. The summed E-state index contributed by atoms with van der Waals surface area (Å²) >= 11 is 6.12. The molecule has 2 nitrogen and oxygen atoms in total. The second-order valence-electron chi connectivity index (χ2n) is 6.20. The minimum absolute atomic E-state index is 0.0108. The zero-order valence-electron chi connectivity index (χ0n) is 13.1. The third-order valence-corrected chi connectivity index (χ3v) is 5.67. The van der Waals surface area contributed by atoms with Crippen molar-refractivity contribution in [2.75, 3.05) is 12.4 Å². The third-order valence-electron chi connectivity index (χ3n) is 5.11. The number of amides is 1. The van der Waals surface area contributed by atoms with Gasteiger partial charge in [0, 0.05) is 17.8 Å². The Bertz CT molecular complexity index is 474. The molecule has 1 aromatic rings. The average molecular weight is 308 g/mol. The molecule has 1 N–H and O–H groups in total. The van der Waals surface area contributed by atoms with Crippen LogP contribution < -0.4 is 5.32 Å². The number of hydrogen-bond acceptors (Lipinski definition) is 1. The Morgan fingerprint density at radius 3 is 2.71 bits per heavy atom. The Balaban J connectivity index is 2.05. The summed E-state index contributed by atoms with van der Waals surface area (Å²) in [4.78, 5) is 12.6. The Morgan fingerprint density at radius 1 is 1.33 bits per heavy atom. The smallest absolute Gasteiger partial charge is 0.227 e.